The summed E-state index contributed by atoms with van der Waals surface area (Å²) < 4.78 is 1.62. The van der Waals surface area contributed by atoms with Crippen LogP contribution in [0.2, 0.25) is 0 Å². The molecule has 4 nitrogen and oxygen atoms in total. The molecule has 2 aromatic heterocycles. The lowest BCUT2D eigenvalue weighted by molar-refractivity contribution is 0.0689. The normalized spacial score (nSPS) is 11.0. The van der Waals surface area contributed by atoms with Gasteiger partial charge in [-0.05, 0) is 44.0 Å². The van der Waals surface area contributed by atoms with E-state index in [1.54, 1.807) is 22.7 Å². The van der Waals surface area contributed by atoms with E-state index in [2.05, 4.69) is 37.9 Å². The molecule has 1 aromatic carbocycles. The van der Waals surface area contributed by atoms with Crippen molar-refractivity contribution in [2.45, 2.75) is 20.8 Å². The molecule has 4 heteroatoms. The van der Waals surface area contributed by atoms with Gasteiger partial charge in [0.25, 0.3) is 0 Å². The van der Waals surface area contributed by atoms with E-state index in [0.717, 1.165) is 22.4 Å². The Kier molecular flexibility index (Phi) is 3.01. The molecule has 0 atom stereocenters. The van der Waals surface area contributed by atoms with E-state index >= 15 is 0 Å². The van der Waals surface area contributed by atoms with Crippen molar-refractivity contribution in [2.75, 3.05) is 0 Å². The highest BCUT2D eigenvalue weighted by atomic mass is 16.4. The standard InChI is InChI=1S/C17H16N2O2/c1-10-7-11(2)16(12(3)8-10)13-9-19-14(17(20)21)5-4-6-15(19)18-13/h4-9H,1-3H3,(H,20,21). The first-order chi connectivity index (χ1) is 9.97. The van der Waals surface area contributed by atoms with E-state index in [1.165, 1.54) is 5.56 Å². The number of aromatic nitrogens is 2. The topological polar surface area (TPSA) is 54.6 Å². The molecule has 0 saturated heterocycles. The molecule has 2 heterocycles. The van der Waals surface area contributed by atoms with Crippen molar-refractivity contribution >= 4 is 11.6 Å². The lowest BCUT2D eigenvalue weighted by Gasteiger charge is -2.08. The third kappa shape index (κ3) is 2.18. The molecule has 106 valence electrons. The molecule has 0 saturated carbocycles. The Balaban J connectivity index is 2.28. The summed E-state index contributed by atoms with van der Waals surface area (Å²) in [5, 5.41) is 9.26. The van der Waals surface area contributed by atoms with Gasteiger partial charge >= 0.3 is 5.97 Å². The van der Waals surface area contributed by atoms with Gasteiger partial charge in [-0.2, -0.15) is 0 Å². The predicted octanol–water partition coefficient (Wildman–Crippen LogP) is 3.62. The van der Waals surface area contributed by atoms with Crippen LogP contribution in [0.15, 0.2) is 36.5 Å². The molecule has 0 unspecified atom stereocenters. The Hall–Kier alpha value is -2.62. The van der Waals surface area contributed by atoms with Gasteiger partial charge in [-0.3, -0.25) is 4.40 Å². The predicted molar refractivity (Wildman–Crippen MR) is 81.8 cm³/mol. The second-order valence-electron chi connectivity index (χ2n) is 5.34. The number of hydrogen-bond donors (Lipinski definition) is 1. The average Bonchev–Trinajstić information content (AvgIpc) is 2.79. The largest absolute Gasteiger partial charge is 0.477 e. The quantitative estimate of drug-likeness (QED) is 0.780. The van der Waals surface area contributed by atoms with Crippen molar-refractivity contribution in [3.05, 3.63) is 58.9 Å². The Morgan fingerprint density at radius 1 is 1.14 bits per heavy atom. The van der Waals surface area contributed by atoms with E-state index in [4.69, 9.17) is 0 Å². The molecule has 0 fully saturated rings. The second-order valence-corrected chi connectivity index (χ2v) is 5.34. The van der Waals surface area contributed by atoms with Crippen LogP contribution < -0.4 is 0 Å². The van der Waals surface area contributed by atoms with Crippen molar-refractivity contribution in [1.82, 2.24) is 9.38 Å². The maximum absolute atomic E-state index is 11.3. The van der Waals surface area contributed by atoms with Crippen LogP contribution in [-0.4, -0.2) is 20.5 Å². The fourth-order valence-corrected chi connectivity index (χ4v) is 2.89. The Morgan fingerprint density at radius 3 is 2.43 bits per heavy atom. The van der Waals surface area contributed by atoms with Gasteiger partial charge in [-0.1, -0.05) is 23.8 Å². The van der Waals surface area contributed by atoms with E-state index < -0.39 is 5.97 Å². The summed E-state index contributed by atoms with van der Waals surface area (Å²) in [5.74, 6) is -0.957. The van der Waals surface area contributed by atoms with E-state index in [1.807, 2.05) is 6.07 Å². The zero-order chi connectivity index (χ0) is 15.1. The number of pyridine rings is 1. The van der Waals surface area contributed by atoms with Gasteiger partial charge in [0, 0.05) is 11.8 Å². The van der Waals surface area contributed by atoms with Gasteiger partial charge in [0.05, 0.1) is 5.69 Å². The van der Waals surface area contributed by atoms with Gasteiger partial charge in [0.1, 0.15) is 11.3 Å². The molecule has 3 rings (SSSR count). The Morgan fingerprint density at radius 2 is 1.81 bits per heavy atom. The molecule has 0 spiro atoms. The fourth-order valence-electron chi connectivity index (χ4n) is 2.89. The highest BCUT2D eigenvalue weighted by molar-refractivity contribution is 5.87. The van der Waals surface area contributed by atoms with Gasteiger partial charge in [-0.25, -0.2) is 9.78 Å². The molecule has 1 N–H and O–H groups in total. The molecule has 3 aromatic rings. The molecule has 0 bridgehead atoms. The monoisotopic (exact) mass is 280 g/mol. The number of aromatic carboxylic acids is 1. The number of nitrogens with zero attached hydrogens (tertiary/aromatic N) is 2. The van der Waals surface area contributed by atoms with Crippen molar-refractivity contribution in [3.8, 4) is 11.3 Å². The van der Waals surface area contributed by atoms with Gasteiger partial charge < -0.3 is 5.11 Å². The minimum absolute atomic E-state index is 0.216. The smallest absolute Gasteiger partial charge is 0.352 e. The number of rotatable bonds is 2. The first-order valence-corrected chi connectivity index (χ1v) is 6.77. The van der Waals surface area contributed by atoms with Crippen molar-refractivity contribution in [1.29, 1.82) is 0 Å². The zero-order valence-electron chi connectivity index (χ0n) is 12.2. The lowest BCUT2D eigenvalue weighted by atomic mass is 9.98. The highest BCUT2D eigenvalue weighted by Gasteiger charge is 2.14. The summed E-state index contributed by atoms with van der Waals surface area (Å²) in [6.07, 6.45) is 1.80. The molecule has 0 radical (unpaired) electrons. The molecular weight excluding hydrogens is 264 g/mol. The lowest BCUT2D eigenvalue weighted by Crippen LogP contribution is -2.03. The number of aryl methyl sites for hydroxylation is 3. The van der Waals surface area contributed by atoms with Crippen molar-refractivity contribution in [3.63, 3.8) is 0 Å². The summed E-state index contributed by atoms with van der Waals surface area (Å²) in [6.45, 7) is 6.17. The van der Waals surface area contributed by atoms with Gasteiger partial charge in [-0.15, -0.1) is 0 Å². The fraction of sp³-hybridized carbons (Fsp3) is 0.176. The van der Waals surface area contributed by atoms with Crippen LogP contribution in [0.3, 0.4) is 0 Å². The summed E-state index contributed by atoms with van der Waals surface area (Å²) in [6, 6.07) is 9.34. The van der Waals surface area contributed by atoms with Crippen LogP contribution in [0.4, 0.5) is 0 Å². The first kappa shape index (κ1) is 13.4. The van der Waals surface area contributed by atoms with Gasteiger partial charge in [0.2, 0.25) is 0 Å². The zero-order valence-corrected chi connectivity index (χ0v) is 12.2. The minimum Gasteiger partial charge on any atom is -0.477 e. The summed E-state index contributed by atoms with van der Waals surface area (Å²) in [4.78, 5) is 15.9. The number of benzene rings is 1. The SMILES string of the molecule is Cc1cc(C)c(-c2cn3c(C(=O)O)cccc3n2)c(C)c1. The molecule has 0 amide bonds. The first-order valence-electron chi connectivity index (χ1n) is 6.77. The van der Waals surface area contributed by atoms with Crippen LogP contribution in [0, 0.1) is 20.8 Å². The maximum atomic E-state index is 11.3. The number of imidazole rings is 1. The van der Waals surface area contributed by atoms with Crippen LogP contribution in [-0.2, 0) is 0 Å². The Bertz CT molecular complexity index is 839. The van der Waals surface area contributed by atoms with E-state index in [9.17, 15) is 9.90 Å². The number of carboxylic acid groups (broad SMARTS) is 1. The number of hydrogen-bond acceptors (Lipinski definition) is 2. The second kappa shape index (κ2) is 4.74. The van der Waals surface area contributed by atoms with Crippen molar-refractivity contribution < 1.29 is 9.90 Å². The average molecular weight is 280 g/mol. The summed E-state index contributed by atoms with van der Waals surface area (Å²) >= 11 is 0. The van der Waals surface area contributed by atoms with Crippen LogP contribution >= 0.6 is 0 Å². The maximum Gasteiger partial charge on any atom is 0.352 e. The Labute approximate surface area is 122 Å². The van der Waals surface area contributed by atoms with Gasteiger partial charge in [0.15, 0.2) is 0 Å². The van der Waals surface area contributed by atoms with Crippen molar-refractivity contribution in [2.24, 2.45) is 0 Å². The molecular formula is C17H16N2O2. The van der Waals surface area contributed by atoms with Crippen LogP contribution in [0.25, 0.3) is 16.9 Å². The summed E-state index contributed by atoms with van der Waals surface area (Å²) in [5.41, 5.74) is 6.24. The number of carboxylic acids is 1. The van der Waals surface area contributed by atoms with E-state index in [0.29, 0.717) is 5.65 Å². The highest BCUT2D eigenvalue weighted by Crippen LogP contribution is 2.28. The third-order valence-electron chi connectivity index (χ3n) is 3.64. The van der Waals surface area contributed by atoms with E-state index in [-0.39, 0.29) is 5.69 Å². The van der Waals surface area contributed by atoms with Crippen LogP contribution in [0.5, 0.6) is 0 Å². The molecule has 21 heavy (non-hydrogen) atoms. The third-order valence-corrected chi connectivity index (χ3v) is 3.64. The molecule has 0 aliphatic carbocycles. The number of carbonyl (C=O) groups is 1. The molecule has 0 aliphatic rings. The summed E-state index contributed by atoms with van der Waals surface area (Å²) in [7, 11) is 0. The minimum atomic E-state index is -0.957. The van der Waals surface area contributed by atoms with Crippen LogP contribution in [0.1, 0.15) is 27.2 Å². The molecule has 0 aliphatic heterocycles. The number of fused-ring (bicyclic) bond motifs is 1.